The predicted molar refractivity (Wildman–Crippen MR) is 145 cm³/mol. The maximum absolute atomic E-state index is 12.8. The van der Waals surface area contributed by atoms with E-state index in [0.29, 0.717) is 19.7 Å². The summed E-state index contributed by atoms with van der Waals surface area (Å²) in [7, 11) is 0. The van der Waals surface area contributed by atoms with Gasteiger partial charge in [-0.15, -0.1) is 11.8 Å². The Morgan fingerprint density at radius 3 is 2.49 bits per heavy atom. The van der Waals surface area contributed by atoms with E-state index in [4.69, 9.17) is 4.74 Å². The molecular weight excluding hydrogens is 530 g/mol. The lowest BCUT2D eigenvalue weighted by atomic mass is 10.1. The topological polar surface area (TPSA) is 83.2 Å². The molecule has 35 heavy (non-hydrogen) atoms. The predicted octanol–water partition coefficient (Wildman–Crippen LogP) is 5.59. The van der Waals surface area contributed by atoms with Gasteiger partial charge in [-0.25, -0.2) is 9.48 Å². The van der Waals surface area contributed by atoms with Crippen LogP contribution < -0.4 is 11.2 Å². The van der Waals surface area contributed by atoms with E-state index in [1.54, 1.807) is 0 Å². The van der Waals surface area contributed by atoms with Crippen LogP contribution in [-0.4, -0.2) is 31.7 Å². The van der Waals surface area contributed by atoms with Gasteiger partial charge < -0.3 is 4.74 Å². The maximum Gasteiger partial charge on any atom is 0.347 e. The number of benzene rings is 1. The third-order valence-corrected chi connectivity index (χ3v) is 7.36. The first-order chi connectivity index (χ1) is 16.7. The smallest absolute Gasteiger partial charge is 0.347 e. The van der Waals surface area contributed by atoms with Crippen LogP contribution in [0.1, 0.15) is 78.2 Å². The highest BCUT2D eigenvalue weighted by Crippen LogP contribution is 2.34. The zero-order valence-corrected chi connectivity index (χ0v) is 23.8. The number of rotatable bonds is 15. The molecular formula is C26H38BrN3O4S. The zero-order valence-electron chi connectivity index (χ0n) is 21.3. The average molecular weight is 569 g/mol. The summed E-state index contributed by atoms with van der Waals surface area (Å²) in [6.07, 6.45) is 7.75. The number of esters is 1. The third-order valence-electron chi connectivity index (χ3n) is 5.69. The second kappa shape index (κ2) is 14.6. The van der Waals surface area contributed by atoms with E-state index in [2.05, 4.69) is 40.1 Å². The van der Waals surface area contributed by atoms with Crippen LogP contribution in [0.25, 0.3) is 0 Å². The molecule has 0 saturated heterocycles. The fourth-order valence-electron chi connectivity index (χ4n) is 3.74. The van der Waals surface area contributed by atoms with Gasteiger partial charge in [0.2, 0.25) is 0 Å². The van der Waals surface area contributed by atoms with E-state index in [1.807, 2.05) is 32.9 Å². The number of hydrogen-bond acceptors (Lipinski definition) is 6. The number of halogens is 1. The molecule has 1 aromatic heterocycles. The standard InChI is InChI=1S/C26H38BrN3O4S/c1-5-7-8-9-11-17-29-23(31)22(27)28-30(25(29)33)18-12-10-14-20-15-13-16-21(19-20)35-26(3,4)24(32)34-6-2/h13,15-16,19H,5-12,14,17-18H2,1-4H3. The minimum absolute atomic E-state index is 0.180. The monoisotopic (exact) mass is 567 g/mol. The molecule has 0 aliphatic rings. The summed E-state index contributed by atoms with van der Waals surface area (Å²) in [6.45, 7) is 8.96. The number of nitrogens with zero attached hydrogens (tertiary/aromatic N) is 3. The number of hydrogen-bond donors (Lipinski definition) is 0. The van der Waals surface area contributed by atoms with Crippen molar-refractivity contribution in [2.24, 2.45) is 0 Å². The van der Waals surface area contributed by atoms with Crippen molar-refractivity contribution in [3.05, 3.63) is 55.3 Å². The molecule has 0 radical (unpaired) electrons. The summed E-state index contributed by atoms with van der Waals surface area (Å²) < 4.78 is 7.40. The highest BCUT2D eigenvalue weighted by Gasteiger charge is 2.30. The molecule has 9 heteroatoms. The fourth-order valence-corrected chi connectivity index (χ4v) is 5.24. The van der Waals surface area contributed by atoms with E-state index >= 15 is 0 Å². The van der Waals surface area contributed by atoms with Gasteiger partial charge in [0.15, 0.2) is 4.60 Å². The minimum atomic E-state index is -0.659. The van der Waals surface area contributed by atoms with E-state index in [-0.39, 0.29) is 21.8 Å². The van der Waals surface area contributed by atoms with Crippen molar-refractivity contribution in [1.29, 1.82) is 0 Å². The van der Waals surface area contributed by atoms with Gasteiger partial charge in [-0.3, -0.25) is 14.2 Å². The molecule has 0 amide bonds. The lowest BCUT2D eigenvalue weighted by Crippen LogP contribution is -2.42. The van der Waals surface area contributed by atoms with Crippen molar-refractivity contribution in [3.63, 3.8) is 0 Å². The number of aromatic nitrogens is 3. The highest BCUT2D eigenvalue weighted by molar-refractivity contribution is 9.10. The number of carbonyl (C=O) groups excluding carboxylic acids is 1. The SMILES string of the molecule is CCCCCCCn1c(=O)c(Br)nn(CCCCc2cccc(SC(C)(C)C(=O)OCC)c2)c1=O. The molecule has 0 aliphatic heterocycles. The molecule has 1 aromatic carbocycles. The van der Waals surface area contributed by atoms with Gasteiger partial charge in [0, 0.05) is 18.0 Å². The maximum atomic E-state index is 12.8. The molecule has 194 valence electrons. The average Bonchev–Trinajstić information content (AvgIpc) is 2.81. The largest absolute Gasteiger partial charge is 0.465 e. The van der Waals surface area contributed by atoms with Crippen molar-refractivity contribution >= 4 is 33.7 Å². The Morgan fingerprint density at radius 1 is 1.06 bits per heavy atom. The summed E-state index contributed by atoms with van der Waals surface area (Å²) in [5.41, 5.74) is 0.475. The molecule has 0 unspecified atom stereocenters. The molecule has 2 aromatic rings. The van der Waals surface area contributed by atoms with Crippen LogP contribution in [0.3, 0.4) is 0 Å². The number of carbonyl (C=O) groups is 1. The molecule has 0 fully saturated rings. The Labute approximate surface area is 220 Å². The van der Waals surface area contributed by atoms with E-state index < -0.39 is 4.75 Å². The fraction of sp³-hybridized carbons (Fsp3) is 0.615. The van der Waals surface area contributed by atoms with Crippen LogP contribution in [0, 0.1) is 0 Å². The van der Waals surface area contributed by atoms with Crippen LogP contribution in [-0.2, 0) is 29.0 Å². The first-order valence-electron chi connectivity index (χ1n) is 12.5. The second-order valence-corrected chi connectivity index (χ2v) is 11.6. The van der Waals surface area contributed by atoms with Crippen LogP contribution in [0.15, 0.2) is 43.4 Å². The number of ether oxygens (including phenoxy) is 1. The molecule has 0 N–H and O–H groups in total. The Kier molecular flexibility index (Phi) is 12.3. The summed E-state index contributed by atoms with van der Waals surface area (Å²) in [5.74, 6) is -0.221. The number of aryl methyl sites for hydroxylation is 2. The van der Waals surface area contributed by atoms with Crippen molar-refractivity contribution in [2.45, 2.75) is 102 Å². The Morgan fingerprint density at radius 2 is 1.77 bits per heavy atom. The lowest BCUT2D eigenvalue weighted by Gasteiger charge is -2.21. The first kappa shape index (κ1) is 29.4. The Bertz CT molecular complexity index is 1080. The normalized spacial score (nSPS) is 11.6. The molecule has 0 aliphatic carbocycles. The van der Waals surface area contributed by atoms with Gasteiger partial charge in [0.25, 0.3) is 5.56 Å². The Hall–Kier alpha value is -1.87. The lowest BCUT2D eigenvalue weighted by molar-refractivity contribution is -0.145. The Balaban J connectivity index is 1.94. The zero-order chi connectivity index (χ0) is 25.8. The van der Waals surface area contributed by atoms with Gasteiger partial charge >= 0.3 is 11.7 Å². The van der Waals surface area contributed by atoms with Crippen LogP contribution in [0.4, 0.5) is 0 Å². The summed E-state index contributed by atoms with van der Waals surface area (Å²) in [6, 6.07) is 8.17. The van der Waals surface area contributed by atoms with Gasteiger partial charge in [-0.1, -0.05) is 44.7 Å². The van der Waals surface area contributed by atoms with Gasteiger partial charge in [0.1, 0.15) is 4.75 Å². The second-order valence-electron chi connectivity index (χ2n) is 9.10. The van der Waals surface area contributed by atoms with E-state index in [0.717, 1.165) is 49.8 Å². The first-order valence-corrected chi connectivity index (χ1v) is 14.1. The summed E-state index contributed by atoms with van der Waals surface area (Å²) in [4.78, 5) is 38.4. The molecule has 7 nitrogen and oxygen atoms in total. The highest BCUT2D eigenvalue weighted by atomic mass is 79.9. The molecule has 0 atom stereocenters. The quantitative estimate of drug-likeness (QED) is 0.158. The van der Waals surface area contributed by atoms with Crippen LogP contribution in [0.5, 0.6) is 0 Å². The van der Waals surface area contributed by atoms with Crippen molar-refractivity contribution < 1.29 is 9.53 Å². The summed E-state index contributed by atoms with van der Waals surface area (Å²) in [5, 5.41) is 4.16. The number of thioether (sulfide) groups is 1. The molecule has 0 saturated carbocycles. The van der Waals surface area contributed by atoms with Crippen LogP contribution >= 0.6 is 27.7 Å². The molecule has 2 rings (SSSR count). The minimum Gasteiger partial charge on any atom is -0.465 e. The van der Waals surface area contributed by atoms with Gasteiger partial charge in [0.05, 0.1) is 6.61 Å². The van der Waals surface area contributed by atoms with E-state index in [9.17, 15) is 14.4 Å². The van der Waals surface area contributed by atoms with Crippen LogP contribution in [0.2, 0.25) is 0 Å². The summed E-state index contributed by atoms with van der Waals surface area (Å²) >= 11 is 4.72. The van der Waals surface area contributed by atoms with E-state index in [1.165, 1.54) is 33.0 Å². The van der Waals surface area contributed by atoms with Crippen molar-refractivity contribution in [1.82, 2.24) is 14.3 Å². The molecule has 0 bridgehead atoms. The third kappa shape index (κ3) is 9.26. The number of unbranched alkanes of at least 4 members (excludes halogenated alkanes) is 5. The molecule has 1 heterocycles. The van der Waals surface area contributed by atoms with Crippen molar-refractivity contribution in [3.8, 4) is 0 Å². The van der Waals surface area contributed by atoms with Gasteiger partial charge in [-0.2, -0.15) is 5.10 Å². The van der Waals surface area contributed by atoms with Crippen molar-refractivity contribution in [2.75, 3.05) is 6.61 Å². The molecule has 0 spiro atoms. The van der Waals surface area contributed by atoms with Gasteiger partial charge in [-0.05, 0) is 80.1 Å².